The molecule has 1 aliphatic rings. The topological polar surface area (TPSA) is 72.5 Å². The molecular weight excluding hydrogens is 234 g/mol. The number of carbonyl (C=O) groups excluding carboxylic acids is 3. The maximum Gasteiger partial charge on any atom is 0.328 e. The number of nitrogens with one attached hydrogen (secondary N) is 1. The van der Waals surface area contributed by atoms with Crippen molar-refractivity contribution >= 4 is 17.7 Å². The van der Waals surface area contributed by atoms with Crippen LogP contribution >= 0.6 is 0 Å². The highest BCUT2D eigenvalue weighted by Crippen LogP contribution is 2.25. The van der Waals surface area contributed by atoms with Crippen LogP contribution in [-0.4, -0.2) is 30.3 Å². The average molecular weight is 253 g/mol. The molecule has 1 rings (SSSR count). The third-order valence-corrected chi connectivity index (χ3v) is 2.96. The first-order valence-electron chi connectivity index (χ1n) is 6.12. The number of hydrogen-bond acceptors (Lipinski definition) is 4. The van der Waals surface area contributed by atoms with E-state index in [4.69, 9.17) is 4.74 Å². The van der Waals surface area contributed by atoms with Crippen LogP contribution in [0.5, 0.6) is 0 Å². The summed E-state index contributed by atoms with van der Waals surface area (Å²) in [5, 5.41) is 2.54. The van der Waals surface area contributed by atoms with Crippen LogP contribution in [0.15, 0.2) is 12.7 Å². The zero-order valence-electron chi connectivity index (χ0n) is 10.6. The van der Waals surface area contributed by atoms with Crippen LogP contribution in [0, 0.1) is 5.92 Å². The molecule has 1 amide bonds. The molecule has 0 aromatic heterocycles. The predicted molar refractivity (Wildman–Crippen MR) is 65.7 cm³/mol. The Labute approximate surface area is 107 Å². The molecule has 0 aliphatic heterocycles. The fraction of sp³-hybridized carbons (Fsp3) is 0.615. The summed E-state index contributed by atoms with van der Waals surface area (Å²) in [5.41, 5.74) is 0. The quantitative estimate of drug-likeness (QED) is 0.565. The smallest absolute Gasteiger partial charge is 0.328 e. The van der Waals surface area contributed by atoms with Crippen LogP contribution < -0.4 is 5.32 Å². The number of hydrogen-bond donors (Lipinski definition) is 1. The van der Waals surface area contributed by atoms with E-state index >= 15 is 0 Å². The lowest BCUT2D eigenvalue weighted by atomic mass is 9.97. The van der Waals surface area contributed by atoms with Gasteiger partial charge in [-0.2, -0.15) is 0 Å². The van der Waals surface area contributed by atoms with Gasteiger partial charge in [-0.05, 0) is 19.3 Å². The second-order valence-electron chi connectivity index (χ2n) is 4.46. The fourth-order valence-corrected chi connectivity index (χ4v) is 2.12. The van der Waals surface area contributed by atoms with E-state index in [9.17, 15) is 14.4 Å². The standard InChI is InChI=1S/C13H19NO4/c1-3-7-18-13(17)11(14-9(2)15)8-10-5-4-6-12(10)16/h3,10-11H,1,4-8H2,2H3,(H,14,15)/t10?,11-/m1/s1. The van der Waals surface area contributed by atoms with Gasteiger partial charge in [0.2, 0.25) is 5.91 Å². The van der Waals surface area contributed by atoms with Crippen LogP contribution in [0.2, 0.25) is 0 Å². The molecule has 5 nitrogen and oxygen atoms in total. The fourth-order valence-electron chi connectivity index (χ4n) is 2.12. The van der Waals surface area contributed by atoms with Crippen molar-refractivity contribution in [3.05, 3.63) is 12.7 Å². The summed E-state index contributed by atoms with van der Waals surface area (Å²) in [6.45, 7) is 4.89. The molecule has 0 saturated heterocycles. The second kappa shape index (κ2) is 6.93. The van der Waals surface area contributed by atoms with Gasteiger partial charge in [-0.15, -0.1) is 0 Å². The molecule has 1 unspecified atom stereocenters. The lowest BCUT2D eigenvalue weighted by molar-refractivity contribution is -0.147. The van der Waals surface area contributed by atoms with E-state index in [2.05, 4.69) is 11.9 Å². The SMILES string of the molecule is C=CCOC(=O)[C@@H](CC1CCCC1=O)NC(C)=O. The molecular formula is C13H19NO4. The molecule has 0 radical (unpaired) electrons. The summed E-state index contributed by atoms with van der Waals surface area (Å²) >= 11 is 0. The first-order valence-corrected chi connectivity index (χ1v) is 6.12. The van der Waals surface area contributed by atoms with Crippen LogP contribution in [-0.2, 0) is 19.1 Å². The molecule has 18 heavy (non-hydrogen) atoms. The maximum atomic E-state index is 11.7. The Bertz CT molecular complexity index is 351. The van der Waals surface area contributed by atoms with Crippen molar-refractivity contribution in [2.45, 2.75) is 38.6 Å². The molecule has 1 saturated carbocycles. The molecule has 0 bridgehead atoms. The lowest BCUT2D eigenvalue weighted by Crippen LogP contribution is -2.42. The number of rotatable bonds is 6. The van der Waals surface area contributed by atoms with Crippen LogP contribution in [0.1, 0.15) is 32.6 Å². The van der Waals surface area contributed by atoms with Gasteiger partial charge in [0.1, 0.15) is 18.4 Å². The molecule has 1 fully saturated rings. The number of ether oxygens (including phenoxy) is 1. The van der Waals surface area contributed by atoms with Gasteiger partial charge < -0.3 is 10.1 Å². The minimum Gasteiger partial charge on any atom is -0.460 e. The summed E-state index contributed by atoms with van der Waals surface area (Å²) in [4.78, 5) is 34.4. The first kappa shape index (κ1) is 14.4. The van der Waals surface area contributed by atoms with E-state index in [0.29, 0.717) is 12.8 Å². The van der Waals surface area contributed by atoms with E-state index < -0.39 is 12.0 Å². The molecule has 5 heteroatoms. The molecule has 0 spiro atoms. The monoisotopic (exact) mass is 253 g/mol. The summed E-state index contributed by atoms with van der Waals surface area (Å²) in [7, 11) is 0. The van der Waals surface area contributed by atoms with Crippen molar-refractivity contribution in [3.8, 4) is 0 Å². The maximum absolute atomic E-state index is 11.7. The van der Waals surface area contributed by atoms with Crippen LogP contribution in [0.25, 0.3) is 0 Å². The molecule has 1 N–H and O–H groups in total. The van der Waals surface area contributed by atoms with Crippen molar-refractivity contribution in [2.24, 2.45) is 5.92 Å². The van der Waals surface area contributed by atoms with Gasteiger partial charge in [-0.3, -0.25) is 9.59 Å². The number of Topliss-reactive ketones (excluding diaryl/α,β-unsaturated/α-hetero) is 1. The zero-order chi connectivity index (χ0) is 13.5. The van der Waals surface area contributed by atoms with Gasteiger partial charge in [-0.25, -0.2) is 4.79 Å². The van der Waals surface area contributed by atoms with Gasteiger partial charge in [-0.1, -0.05) is 12.7 Å². The Balaban J connectivity index is 2.59. The molecule has 0 aromatic rings. The van der Waals surface area contributed by atoms with Crippen molar-refractivity contribution in [1.82, 2.24) is 5.32 Å². The molecule has 100 valence electrons. The van der Waals surface area contributed by atoms with E-state index in [0.717, 1.165) is 12.8 Å². The van der Waals surface area contributed by atoms with Gasteiger partial charge in [0.25, 0.3) is 0 Å². The molecule has 1 aliphatic carbocycles. The van der Waals surface area contributed by atoms with Crippen molar-refractivity contribution < 1.29 is 19.1 Å². The summed E-state index contributed by atoms with van der Waals surface area (Å²) in [5.74, 6) is -0.786. The Morgan fingerprint density at radius 3 is 2.83 bits per heavy atom. The molecule has 2 atom stereocenters. The average Bonchev–Trinajstić information content (AvgIpc) is 2.70. The van der Waals surface area contributed by atoms with Gasteiger partial charge in [0.15, 0.2) is 0 Å². The lowest BCUT2D eigenvalue weighted by Gasteiger charge is -2.19. The van der Waals surface area contributed by atoms with Gasteiger partial charge in [0, 0.05) is 19.3 Å². The van der Waals surface area contributed by atoms with Crippen molar-refractivity contribution in [2.75, 3.05) is 6.61 Å². The predicted octanol–water partition coefficient (Wildman–Crippen LogP) is 0.980. The highest BCUT2D eigenvalue weighted by Gasteiger charge is 2.31. The van der Waals surface area contributed by atoms with Crippen molar-refractivity contribution in [3.63, 3.8) is 0 Å². The van der Waals surface area contributed by atoms with E-state index in [1.54, 1.807) is 0 Å². The summed E-state index contributed by atoms with van der Waals surface area (Å²) in [6, 6.07) is -0.741. The highest BCUT2D eigenvalue weighted by atomic mass is 16.5. The number of esters is 1. The highest BCUT2D eigenvalue weighted by molar-refractivity contribution is 5.86. The Hall–Kier alpha value is -1.65. The minimum atomic E-state index is -0.741. The van der Waals surface area contributed by atoms with Gasteiger partial charge in [0.05, 0.1) is 0 Å². The van der Waals surface area contributed by atoms with E-state index in [-0.39, 0.29) is 24.2 Å². The van der Waals surface area contributed by atoms with Gasteiger partial charge >= 0.3 is 5.97 Å². The summed E-state index contributed by atoms with van der Waals surface area (Å²) < 4.78 is 4.92. The van der Waals surface area contributed by atoms with Crippen LogP contribution in [0.3, 0.4) is 0 Å². The Kier molecular flexibility index (Phi) is 5.55. The third-order valence-electron chi connectivity index (χ3n) is 2.96. The Morgan fingerprint density at radius 1 is 1.61 bits per heavy atom. The number of amides is 1. The second-order valence-corrected chi connectivity index (χ2v) is 4.46. The van der Waals surface area contributed by atoms with Crippen molar-refractivity contribution in [1.29, 1.82) is 0 Å². The third kappa shape index (κ3) is 4.31. The minimum absolute atomic E-state index is 0.105. The van der Waals surface area contributed by atoms with E-state index in [1.165, 1.54) is 13.0 Å². The van der Waals surface area contributed by atoms with E-state index in [1.807, 2.05) is 0 Å². The first-order chi connectivity index (χ1) is 8.54. The summed E-state index contributed by atoms with van der Waals surface area (Å²) in [6.07, 6.45) is 4.00. The number of carbonyl (C=O) groups is 3. The van der Waals surface area contributed by atoms with Crippen LogP contribution in [0.4, 0.5) is 0 Å². The largest absolute Gasteiger partial charge is 0.460 e. The Morgan fingerprint density at radius 2 is 2.33 bits per heavy atom. The number of ketones is 1. The zero-order valence-corrected chi connectivity index (χ0v) is 10.6. The molecule has 0 heterocycles. The normalized spacial score (nSPS) is 20.3. The molecule has 0 aromatic carbocycles.